The van der Waals surface area contributed by atoms with Gasteiger partial charge < -0.3 is 24.0 Å². The van der Waals surface area contributed by atoms with Crippen LogP contribution in [0.15, 0.2) is 84.6 Å². The molecule has 13 nitrogen and oxygen atoms in total. The summed E-state index contributed by atoms with van der Waals surface area (Å²) in [5.41, 5.74) is 1.66. The Morgan fingerprint density at radius 1 is 0.959 bits per heavy atom. The predicted molar refractivity (Wildman–Crippen MR) is 176 cm³/mol. The zero-order chi connectivity index (χ0) is 34.0. The Labute approximate surface area is 281 Å². The molecule has 0 amide bonds. The molecule has 0 radical (unpaired) electrons. The Morgan fingerprint density at radius 3 is 2.43 bits per heavy atom. The lowest BCUT2D eigenvalue weighted by Gasteiger charge is -2.36. The number of halogens is 2. The smallest absolute Gasteiger partial charge is 0.350 e. The molecule has 0 spiro atoms. The fourth-order valence-corrected chi connectivity index (χ4v) is 6.11. The van der Waals surface area contributed by atoms with Gasteiger partial charge in [-0.05, 0) is 54.4 Å². The lowest BCUT2D eigenvalue weighted by molar-refractivity contribution is -0.192. The van der Waals surface area contributed by atoms with E-state index in [0.717, 1.165) is 43.8 Å². The van der Waals surface area contributed by atoms with Crippen LogP contribution in [0, 0.1) is 17.6 Å². The Hall–Kier alpha value is -5.15. The van der Waals surface area contributed by atoms with E-state index in [2.05, 4.69) is 30.0 Å². The molecule has 0 unspecified atom stereocenters. The zero-order valence-corrected chi connectivity index (χ0v) is 27.2. The summed E-state index contributed by atoms with van der Waals surface area (Å²) in [4.78, 5) is 25.8. The first-order valence-electron chi connectivity index (χ1n) is 16.2. The molecule has 5 heterocycles. The van der Waals surface area contributed by atoms with Gasteiger partial charge >= 0.3 is 5.69 Å². The molecule has 2 atom stereocenters. The minimum Gasteiger partial charge on any atom is -0.491 e. The van der Waals surface area contributed by atoms with Gasteiger partial charge in [0.05, 0.1) is 18.5 Å². The van der Waals surface area contributed by atoms with Crippen LogP contribution < -0.4 is 20.2 Å². The van der Waals surface area contributed by atoms with Crippen molar-refractivity contribution in [2.24, 2.45) is 5.92 Å². The van der Waals surface area contributed by atoms with Gasteiger partial charge in [0.25, 0.3) is 0 Å². The molecule has 2 fully saturated rings. The largest absolute Gasteiger partial charge is 0.491 e. The maximum Gasteiger partial charge on any atom is 0.350 e. The molecule has 49 heavy (non-hydrogen) atoms. The minimum absolute atomic E-state index is 0.0295. The molecule has 7 rings (SSSR count). The first kappa shape index (κ1) is 32.4. The molecule has 0 saturated carbocycles. The average Bonchev–Trinajstić information content (AvgIpc) is 3.86. The molecule has 0 N–H and O–H groups in total. The van der Waals surface area contributed by atoms with E-state index in [9.17, 15) is 13.6 Å². The Bertz CT molecular complexity index is 1910. The summed E-state index contributed by atoms with van der Waals surface area (Å²) in [5, 5.41) is 8.33. The lowest BCUT2D eigenvalue weighted by Crippen LogP contribution is -2.46. The fourth-order valence-electron chi connectivity index (χ4n) is 6.11. The summed E-state index contributed by atoms with van der Waals surface area (Å²) in [6.45, 7) is 8.21. The quantitative estimate of drug-likeness (QED) is 0.206. The van der Waals surface area contributed by atoms with E-state index in [0.29, 0.717) is 23.9 Å². The van der Waals surface area contributed by atoms with Gasteiger partial charge in [-0.25, -0.2) is 37.5 Å². The minimum atomic E-state index is -1.51. The van der Waals surface area contributed by atoms with Crippen molar-refractivity contribution in [3.8, 4) is 11.4 Å². The first-order chi connectivity index (χ1) is 23.8. The van der Waals surface area contributed by atoms with Crippen LogP contribution in [0.4, 0.5) is 20.3 Å². The van der Waals surface area contributed by atoms with Crippen molar-refractivity contribution in [1.29, 1.82) is 0 Å². The standard InChI is InChI=1S/C34H37F2N9O4/c1-24(2)17-45-33(46)44(23-40-45)27-6-10-32(38-16-27)42-13-11-41(12-14-42)26-4-7-28(8-5-26)47-18-29-19-48-34(49-29,20-43-22-37-21-39-43)30-9-3-25(35)15-31(30)36/h3-10,15-16,21-24,29H,11-14,17-20H2,1-2H3/t29-,34-/m0/s1. The third-order valence-electron chi connectivity index (χ3n) is 8.56. The van der Waals surface area contributed by atoms with Crippen LogP contribution in [0.1, 0.15) is 19.4 Å². The molecular formula is C34H37F2N9O4. The van der Waals surface area contributed by atoms with E-state index in [1.54, 1.807) is 12.5 Å². The molecule has 2 aliphatic rings. The van der Waals surface area contributed by atoms with Crippen LogP contribution in [0.25, 0.3) is 5.69 Å². The Kier molecular flexibility index (Phi) is 9.10. The maximum absolute atomic E-state index is 14.9. The molecule has 2 aliphatic heterocycles. The summed E-state index contributed by atoms with van der Waals surface area (Å²) >= 11 is 0. The van der Waals surface area contributed by atoms with Crippen molar-refractivity contribution in [2.75, 3.05) is 49.2 Å². The second kappa shape index (κ2) is 13.8. The average molecular weight is 674 g/mol. The number of rotatable bonds is 11. The van der Waals surface area contributed by atoms with E-state index < -0.39 is 23.5 Å². The number of nitrogens with zero attached hydrogens (tertiary/aromatic N) is 9. The van der Waals surface area contributed by atoms with Crippen molar-refractivity contribution in [3.63, 3.8) is 0 Å². The van der Waals surface area contributed by atoms with Gasteiger partial charge in [-0.3, -0.25) is 0 Å². The number of piperazine rings is 1. The highest BCUT2D eigenvalue weighted by molar-refractivity contribution is 5.52. The van der Waals surface area contributed by atoms with Crippen LogP contribution in [0.2, 0.25) is 0 Å². The molecule has 256 valence electrons. The van der Waals surface area contributed by atoms with E-state index in [1.165, 1.54) is 38.7 Å². The van der Waals surface area contributed by atoms with Gasteiger partial charge in [-0.1, -0.05) is 13.8 Å². The fraction of sp³-hybridized carbons (Fsp3) is 0.382. The summed E-state index contributed by atoms with van der Waals surface area (Å²) in [6.07, 6.45) is 5.59. The number of aromatic nitrogens is 7. The molecule has 0 aliphatic carbocycles. The third-order valence-corrected chi connectivity index (χ3v) is 8.56. The molecule has 5 aromatic rings. The molecule has 3 aromatic heterocycles. The van der Waals surface area contributed by atoms with E-state index in [-0.39, 0.29) is 31.0 Å². The highest BCUT2D eigenvalue weighted by atomic mass is 19.1. The van der Waals surface area contributed by atoms with Crippen LogP contribution in [-0.4, -0.2) is 79.6 Å². The van der Waals surface area contributed by atoms with Crippen LogP contribution in [0.3, 0.4) is 0 Å². The Balaban J connectivity index is 0.922. The van der Waals surface area contributed by atoms with Crippen LogP contribution >= 0.6 is 0 Å². The summed E-state index contributed by atoms with van der Waals surface area (Å²) in [6, 6.07) is 15.0. The third kappa shape index (κ3) is 7.03. The van der Waals surface area contributed by atoms with Crippen LogP contribution in [0.5, 0.6) is 5.75 Å². The van der Waals surface area contributed by atoms with Crippen molar-refractivity contribution in [2.45, 2.75) is 38.8 Å². The van der Waals surface area contributed by atoms with Gasteiger partial charge in [0.2, 0.25) is 5.79 Å². The highest BCUT2D eigenvalue weighted by Crippen LogP contribution is 2.38. The van der Waals surface area contributed by atoms with Gasteiger partial charge in [-0.15, -0.1) is 0 Å². The number of hydrogen-bond acceptors (Lipinski definition) is 10. The molecule has 0 bridgehead atoms. The van der Waals surface area contributed by atoms with E-state index in [4.69, 9.17) is 14.2 Å². The van der Waals surface area contributed by atoms with Gasteiger partial charge in [0, 0.05) is 50.0 Å². The molecular weight excluding hydrogens is 636 g/mol. The van der Waals surface area contributed by atoms with E-state index in [1.807, 2.05) is 50.2 Å². The summed E-state index contributed by atoms with van der Waals surface area (Å²) in [7, 11) is 0. The topological polar surface area (TPSA) is 118 Å². The van der Waals surface area contributed by atoms with Gasteiger partial charge in [0.1, 0.15) is 61.4 Å². The van der Waals surface area contributed by atoms with Gasteiger partial charge in [0.15, 0.2) is 0 Å². The number of ether oxygens (including phenoxy) is 3. The van der Waals surface area contributed by atoms with Gasteiger partial charge in [-0.2, -0.15) is 10.2 Å². The highest BCUT2D eigenvalue weighted by Gasteiger charge is 2.46. The van der Waals surface area contributed by atoms with Crippen molar-refractivity contribution >= 4 is 11.5 Å². The Morgan fingerprint density at radius 2 is 1.73 bits per heavy atom. The molecule has 2 saturated heterocycles. The van der Waals surface area contributed by atoms with Crippen molar-refractivity contribution in [3.05, 3.63) is 107 Å². The number of hydrogen-bond donors (Lipinski definition) is 0. The molecule has 2 aromatic carbocycles. The van der Waals surface area contributed by atoms with Crippen molar-refractivity contribution in [1.82, 2.24) is 34.1 Å². The van der Waals surface area contributed by atoms with Crippen molar-refractivity contribution < 1.29 is 23.0 Å². The normalized spacial score (nSPS) is 19.6. The maximum atomic E-state index is 14.9. The molecule has 15 heteroatoms. The second-order valence-electron chi connectivity index (χ2n) is 12.5. The second-order valence-corrected chi connectivity index (χ2v) is 12.5. The summed E-state index contributed by atoms with van der Waals surface area (Å²) < 4.78 is 51.3. The SMILES string of the molecule is CC(C)Cn1ncn(-c2ccc(N3CCN(c4ccc(OC[C@H]5CO[C@](Cn6cncn6)(c6ccc(F)cc6F)O5)cc4)CC3)nc2)c1=O. The first-order valence-corrected chi connectivity index (χ1v) is 16.2. The monoisotopic (exact) mass is 673 g/mol. The zero-order valence-electron chi connectivity index (χ0n) is 27.2. The lowest BCUT2D eigenvalue weighted by atomic mass is 10.0. The summed E-state index contributed by atoms with van der Waals surface area (Å²) in [5.74, 6) is -1.13. The van der Waals surface area contributed by atoms with E-state index >= 15 is 0 Å². The number of benzene rings is 2. The predicted octanol–water partition coefficient (Wildman–Crippen LogP) is 3.63. The van der Waals surface area contributed by atoms with Crippen LogP contribution in [-0.2, 0) is 28.4 Å². The number of anilines is 2. The number of pyridine rings is 1.